The number of ether oxygens (including phenoxy) is 2. The molecule has 1 atom stereocenters. The Morgan fingerprint density at radius 1 is 1.23 bits per heavy atom. The minimum Gasteiger partial charge on any atom is -0.493 e. The van der Waals surface area contributed by atoms with Crippen LogP contribution in [0.2, 0.25) is 0 Å². The zero-order chi connectivity index (χ0) is 21.3. The molecule has 3 rings (SSSR count). The lowest BCUT2D eigenvalue weighted by Crippen LogP contribution is -2.36. The molecule has 7 nitrogen and oxygen atoms in total. The molecule has 0 aliphatic carbocycles. The summed E-state index contributed by atoms with van der Waals surface area (Å²) in [7, 11) is 5.74. The molecule has 1 aliphatic heterocycles. The van der Waals surface area contributed by atoms with Crippen LogP contribution in [0.25, 0.3) is 0 Å². The first-order valence-electron chi connectivity index (χ1n) is 10.4. The van der Waals surface area contributed by atoms with E-state index in [1.807, 2.05) is 37.2 Å². The van der Waals surface area contributed by atoms with Gasteiger partial charge in [0.1, 0.15) is 11.6 Å². The first-order chi connectivity index (χ1) is 14.5. The van der Waals surface area contributed by atoms with E-state index in [9.17, 15) is 0 Å². The Kier molecular flexibility index (Phi) is 10.3. The van der Waals surface area contributed by atoms with Crippen LogP contribution in [0.5, 0.6) is 5.75 Å². The molecule has 170 valence electrons. The summed E-state index contributed by atoms with van der Waals surface area (Å²) < 4.78 is 11.6. The number of guanidine groups is 1. The van der Waals surface area contributed by atoms with Gasteiger partial charge in [0.2, 0.25) is 0 Å². The van der Waals surface area contributed by atoms with Gasteiger partial charge in [-0.05, 0) is 37.1 Å². The molecule has 1 saturated heterocycles. The lowest BCUT2D eigenvalue weighted by atomic mass is 10.1. The molecular weight excluding hydrogens is 505 g/mol. The Labute approximate surface area is 202 Å². The Bertz CT molecular complexity index is 854. The first-order valence-corrected chi connectivity index (χ1v) is 10.4. The second-order valence-corrected chi connectivity index (χ2v) is 7.81. The SMILES string of the molecule is CN=C(NCc1cccc(N(C)C)n1)NCc1ccc(C)cc1OCC1CCOC1.I. The van der Waals surface area contributed by atoms with Gasteiger partial charge in [-0.25, -0.2) is 4.98 Å². The van der Waals surface area contributed by atoms with Gasteiger partial charge in [-0.15, -0.1) is 24.0 Å². The van der Waals surface area contributed by atoms with Gasteiger partial charge in [0.15, 0.2) is 5.96 Å². The van der Waals surface area contributed by atoms with Crippen molar-refractivity contribution < 1.29 is 9.47 Å². The van der Waals surface area contributed by atoms with Crippen molar-refractivity contribution in [2.45, 2.75) is 26.4 Å². The van der Waals surface area contributed by atoms with E-state index in [-0.39, 0.29) is 24.0 Å². The van der Waals surface area contributed by atoms with Gasteiger partial charge in [-0.1, -0.05) is 18.2 Å². The van der Waals surface area contributed by atoms with Gasteiger partial charge in [-0.2, -0.15) is 0 Å². The smallest absolute Gasteiger partial charge is 0.191 e. The van der Waals surface area contributed by atoms with E-state index in [0.29, 0.717) is 25.6 Å². The highest BCUT2D eigenvalue weighted by Gasteiger charge is 2.17. The van der Waals surface area contributed by atoms with Crippen molar-refractivity contribution in [1.29, 1.82) is 0 Å². The van der Waals surface area contributed by atoms with Crippen LogP contribution in [-0.2, 0) is 17.8 Å². The topological polar surface area (TPSA) is 71.0 Å². The summed E-state index contributed by atoms with van der Waals surface area (Å²) in [5, 5.41) is 6.71. The number of hydrogen-bond donors (Lipinski definition) is 2. The fraction of sp³-hybridized carbons (Fsp3) is 0.478. The molecule has 1 unspecified atom stereocenters. The van der Waals surface area contributed by atoms with Crippen LogP contribution in [0.1, 0.15) is 23.2 Å². The summed E-state index contributed by atoms with van der Waals surface area (Å²) in [5.41, 5.74) is 3.25. The molecule has 0 amide bonds. The minimum atomic E-state index is 0. The lowest BCUT2D eigenvalue weighted by molar-refractivity contribution is 0.166. The van der Waals surface area contributed by atoms with E-state index in [1.54, 1.807) is 7.05 Å². The van der Waals surface area contributed by atoms with Crippen molar-refractivity contribution in [3.05, 3.63) is 53.2 Å². The lowest BCUT2D eigenvalue weighted by Gasteiger charge is -2.17. The molecule has 2 heterocycles. The first kappa shape index (κ1) is 25.2. The van der Waals surface area contributed by atoms with Gasteiger partial charge in [0, 0.05) is 45.8 Å². The number of benzene rings is 1. The Morgan fingerprint density at radius 3 is 2.74 bits per heavy atom. The van der Waals surface area contributed by atoms with E-state index in [0.717, 1.165) is 48.4 Å². The van der Waals surface area contributed by atoms with Gasteiger partial charge in [0.05, 0.1) is 25.5 Å². The molecule has 1 aliphatic rings. The highest BCUT2D eigenvalue weighted by Crippen LogP contribution is 2.22. The molecule has 1 fully saturated rings. The van der Waals surface area contributed by atoms with Crippen molar-refractivity contribution in [3.63, 3.8) is 0 Å². The van der Waals surface area contributed by atoms with Crippen LogP contribution in [0.15, 0.2) is 41.4 Å². The number of aliphatic imine (C=N–C) groups is 1. The molecule has 0 bridgehead atoms. The Balaban J connectivity index is 0.00000341. The standard InChI is InChI=1S/C23H33N5O2.HI/c1-17-8-9-19(21(12-17)30-16-18-10-11-29-15-18)13-25-23(24-2)26-14-20-6-5-7-22(27-20)28(3)4;/h5-9,12,18H,10-11,13-16H2,1-4H3,(H2,24,25,26);1H. The zero-order valence-electron chi connectivity index (χ0n) is 18.9. The van der Waals surface area contributed by atoms with Gasteiger partial charge >= 0.3 is 0 Å². The summed E-state index contributed by atoms with van der Waals surface area (Å²) in [4.78, 5) is 11.0. The largest absolute Gasteiger partial charge is 0.493 e. The summed E-state index contributed by atoms with van der Waals surface area (Å²) in [6, 6.07) is 12.3. The van der Waals surface area contributed by atoms with Crippen LogP contribution in [0, 0.1) is 12.8 Å². The van der Waals surface area contributed by atoms with E-state index >= 15 is 0 Å². The number of aromatic nitrogens is 1. The Hall–Kier alpha value is -2.07. The van der Waals surface area contributed by atoms with E-state index < -0.39 is 0 Å². The van der Waals surface area contributed by atoms with Gasteiger partial charge < -0.3 is 25.0 Å². The number of anilines is 1. The molecule has 0 spiro atoms. The number of halogens is 1. The molecule has 0 saturated carbocycles. The third-order valence-electron chi connectivity index (χ3n) is 5.08. The van der Waals surface area contributed by atoms with E-state index in [2.05, 4.69) is 45.7 Å². The molecule has 8 heteroatoms. The number of nitrogens with zero attached hydrogens (tertiary/aromatic N) is 3. The van der Waals surface area contributed by atoms with Crippen LogP contribution in [-0.4, -0.2) is 51.9 Å². The molecular formula is C23H34IN5O2. The summed E-state index contributed by atoms with van der Waals surface area (Å²) >= 11 is 0. The maximum absolute atomic E-state index is 6.14. The summed E-state index contributed by atoms with van der Waals surface area (Å²) in [6.07, 6.45) is 1.07. The molecule has 2 N–H and O–H groups in total. The second kappa shape index (κ2) is 12.7. The quantitative estimate of drug-likeness (QED) is 0.305. The molecule has 31 heavy (non-hydrogen) atoms. The van der Waals surface area contributed by atoms with Crippen LogP contribution >= 0.6 is 24.0 Å². The summed E-state index contributed by atoms with van der Waals surface area (Å²) in [6.45, 7) is 5.63. The maximum atomic E-state index is 6.14. The maximum Gasteiger partial charge on any atom is 0.191 e. The van der Waals surface area contributed by atoms with Crippen molar-refractivity contribution in [3.8, 4) is 5.75 Å². The van der Waals surface area contributed by atoms with E-state index in [4.69, 9.17) is 9.47 Å². The highest BCUT2D eigenvalue weighted by atomic mass is 127. The second-order valence-electron chi connectivity index (χ2n) is 7.81. The summed E-state index contributed by atoms with van der Waals surface area (Å²) in [5.74, 6) is 3.06. The molecule has 1 aromatic carbocycles. The predicted molar refractivity (Wildman–Crippen MR) is 137 cm³/mol. The number of rotatable bonds is 8. The fourth-order valence-corrected chi connectivity index (χ4v) is 3.25. The minimum absolute atomic E-state index is 0. The zero-order valence-corrected chi connectivity index (χ0v) is 21.2. The third-order valence-corrected chi connectivity index (χ3v) is 5.08. The molecule has 2 aromatic rings. The van der Waals surface area contributed by atoms with Crippen molar-refractivity contribution in [2.24, 2.45) is 10.9 Å². The predicted octanol–water partition coefficient (Wildman–Crippen LogP) is 3.35. The van der Waals surface area contributed by atoms with Crippen LogP contribution in [0.3, 0.4) is 0 Å². The van der Waals surface area contributed by atoms with Crippen molar-refractivity contribution in [2.75, 3.05) is 45.9 Å². The highest BCUT2D eigenvalue weighted by molar-refractivity contribution is 14.0. The number of aryl methyl sites for hydroxylation is 1. The molecule has 1 aromatic heterocycles. The third kappa shape index (κ3) is 7.84. The molecule has 0 radical (unpaired) electrons. The normalized spacial score (nSPS) is 15.9. The average Bonchev–Trinajstić information content (AvgIpc) is 3.27. The number of nitrogens with one attached hydrogen (secondary N) is 2. The monoisotopic (exact) mass is 539 g/mol. The fourth-order valence-electron chi connectivity index (χ4n) is 3.25. The Morgan fingerprint density at radius 2 is 2.03 bits per heavy atom. The van der Waals surface area contributed by atoms with Crippen LogP contribution < -0.4 is 20.3 Å². The van der Waals surface area contributed by atoms with Crippen LogP contribution in [0.4, 0.5) is 5.82 Å². The number of hydrogen-bond acceptors (Lipinski definition) is 5. The average molecular weight is 539 g/mol. The van der Waals surface area contributed by atoms with E-state index in [1.165, 1.54) is 5.56 Å². The van der Waals surface area contributed by atoms with Crippen molar-refractivity contribution >= 4 is 35.8 Å². The van der Waals surface area contributed by atoms with Crippen molar-refractivity contribution in [1.82, 2.24) is 15.6 Å². The van der Waals surface area contributed by atoms with Gasteiger partial charge in [-0.3, -0.25) is 4.99 Å². The van der Waals surface area contributed by atoms with Gasteiger partial charge in [0.25, 0.3) is 0 Å². The number of pyridine rings is 1.